The fourth-order valence-corrected chi connectivity index (χ4v) is 3.99. The van der Waals surface area contributed by atoms with Crippen LogP contribution in [-0.2, 0) is 16.6 Å². The highest BCUT2D eigenvalue weighted by Gasteiger charge is 2.23. The molecule has 0 saturated heterocycles. The standard InChI is InChI=1S/C18H16BrClN2O3S/c1-12-17(21-18(25-12)13-4-3-5-15(20)10-13)11-22(2)26(23,24)16-8-6-14(19)7-9-16/h3-10H,11H2,1-2H3. The largest absolute Gasteiger partial charge is 0.441 e. The third-order valence-corrected chi connectivity index (χ3v) is 6.44. The van der Waals surface area contributed by atoms with Gasteiger partial charge in [-0.05, 0) is 49.4 Å². The summed E-state index contributed by atoms with van der Waals surface area (Å²) < 4.78 is 33.2. The van der Waals surface area contributed by atoms with Crippen molar-refractivity contribution in [2.24, 2.45) is 0 Å². The Hall–Kier alpha value is -1.67. The molecule has 136 valence electrons. The van der Waals surface area contributed by atoms with Crippen LogP contribution in [0.4, 0.5) is 0 Å². The Balaban J connectivity index is 1.85. The zero-order valence-corrected chi connectivity index (χ0v) is 17.3. The van der Waals surface area contributed by atoms with Gasteiger partial charge in [0.25, 0.3) is 0 Å². The number of nitrogens with zero attached hydrogens (tertiary/aromatic N) is 2. The van der Waals surface area contributed by atoms with Gasteiger partial charge in [-0.3, -0.25) is 0 Å². The first-order valence-corrected chi connectivity index (χ1v) is 10.3. The highest BCUT2D eigenvalue weighted by Crippen LogP contribution is 2.26. The van der Waals surface area contributed by atoms with Gasteiger partial charge in [0.2, 0.25) is 15.9 Å². The van der Waals surface area contributed by atoms with E-state index in [0.717, 1.165) is 10.0 Å². The predicted octanol–water partition coefficient (Wildman–Crippen LogP) is 4.89. The van der Waals surface area contributed by atoms with Gasteiger partial charge in [-0.25, -0.2) is 13.4 Å². The van der Waals surface area contributed by atoms with Gasteiger partial charge in [-0.1, -0.05) is 33.6 Å². The average molecular weight is 456 g/mol. The highest BCUT2D eigenvalue weighted by molar-refractivity contribution is 9.10. The minimum Gasteiger partial charge on any atom is -0.441 e. The van der Waals surface area contributed by atoms with Crippen LogP contribution in [-0.4, -0.2) is 24.8 Å². The van der Waals surface area contributed by atoms with Gasteiger partial charge in [0.15, 0.2) is 0 Å². The molecule has 0 bridgehead atoms. The van der Waals surface area contributed by atoms with Gasteiger partial charge in [-0.2, -0.15) is 4.31 Å². The minimum atomic E-state index is -3.62. The maximum Gasteiger partial charge on any atom is 0.243 e. The number of benzene rings is 2. The van der Waals surface area contributed by atoms with E-state index in [2.05, 4.69) is 20.9 Å². The van der Waals surface area contributed by atoms with Gasteiger partial charge >= 0.3 is 0 Å². The van der Waals surface area contributed by atoms with Crippen LogP contribution in [0.5, 0.6) is 0 Å². The number of oxazole rings is 1. The molecule has 8 heteroatoms. The summed E-state index contributed by atoms with van der Waals surface area (Å²) in [5.41, 5.74) is 1.30. The van der Waals surface area contributed by atoms with Gasteiger partial charge in [0.1, 0.15) is 5.76 Å². The topological polar surface area (TPSA) is 63.4 Å². The molecule has 3 aromatic rings. The Morgan fingerprint density at radius 3 is 2.54 bits per heavy atom. The summed E-state index contributed by atoms with van der Waals surface area (Å²) in [6.45, 7) is 1.87. The zero-order valence-electron chi connectivity index (χ0n) is 14.1. The van der Waals surface area contributed by atoms with Crippen molar-refractivity contribution in [2.75, 3.05) is 7.05 Å². The molecular formula is C18H16BrClN2O3S. The Labute approximate surface area is 165 Å². The second kappa shape index (κ2) is 7.52. The van der Waals surface area contributed by atoms with Crippen LogP contribution in [0.2, 0.25) is 5.02 Å². The molecule has 3 rings (SSSR count). The lowest BCUT2D eigenvalue weighted by Gasteiger charge is -2.16. The summed E-state index contributed by atoms with van der Waals surface area (Å²) in [5.74, 6) is 0.979. The molecule has 26 heavy (non-hydrogen) atoms. The van der Waals surface area contributed by atoms with Crippen molar-refractivity contribution >= 4 is 37.6 Å². The molecule has 0 unspecified atom stereocenters. The summed E-state index contributed by atoms with van der Waals surface area (Å²) in [6, 6.07) is 13.7. The van der Waals surface area contributed by atoms with Crippen LogP contribution in [0.3, 0.4) is 0 Å². The Morgan fingerprint density at radius 2 is 1.88 bits per heavy atom. The number of aryl methyl sites for hydroxylation is 1. The summed E-state index contributed by atoms with van der Waals surface area (Å²) in [4.78, 5) is 4.67. The van der Waals surface area contributed by atoms with Crippen molar-refractivity contribution in [1.82, 2.24) is 9.29 Å². The first-order chi connectivity index (χ1) is 12.3. The lowest BCUT2D eigenvalue weighted by Crippen LogP contribution is -2.26. The van der Waals surface area contributed by atoms with Crippen molar-refractivity contribution in [3.05, 3.63) is 69.5 Å². The quantitative estimate of drug-likeness (QED) is 0.550. The van der Waals surface area contributed by atoms with Crippen molar-refractivity contribution in [3.63, 3.8) is 0 Å². The number of sulfonamides is 1. The van der Waals surface area contributed by atoms with Crippen molar-refractivity contribution in [3.8, 4) is 11.5 Å². The van der Waals surface area contributed by atoms with E-state index in [1.54, 1.807) is 49.4 Å². The highest BCUT2D eigenvalue weighted by atomic mass is 79.9. The minimum absolute atomic E-state index is 0.105. The Morgan fingerprint density at radius 1 is 1.19 bits per heavy atom. The second-order valence-corrected chi connectivity index (χ2v) is 9.14. The molecule has 0 spiro atoms. The SMILES string of the molecule is Cc1oc(-c2cccc(Cl)c2)nc1CN(C)S(=O)(=O)c1ccc(Br)cc1. The number of hydrogen-bond acceptors (Lipinski definition) is 4. The summed E-state index contributed by atoms with van der Waals surface area (Å²) in [7, 11) is -2.10. The molecule has 0 saturated carbocycles. The fraction of sp³-hybridized carbons (Fsp3) is 0.167. The molecule has 0 fully saturated rings. The van der Waals surface area contributed by atoms with E-state index in [0.29, 0.717) is 22.4 Å². The van der Waals surface area contributed by atoms with Crippen molar-refractivity contribution in [1.29, 1.82) is 0 Å². The molecule has 2 aromatic carbocycles. The number of hydrogen-bond donors (Lipinski definition) is 0. The van der Waals surface area contributed by atoms with E-state index < -0.39 is 10.0 Å². The Bertz CT molecular complexity index is 1030. The fourth-order valence-electron chi connectivity index (χ4n) is 2.40. The van der Waals surface area contributed by atoms with Crippen LogP contribution in [0.1, 0.15) is 11.5 Å². The van der Waals surface area contributed by atoms with Crippen LogP contribution in [0.25, 0.3) is 11.5 Å². The van der Waals surface area contributed by atoms with Crippen molar-refractivity contribution in [2.45, 2.75) is 18.4 Å². The monoisotopic (exact) mass is 454 g/mol. The molecule has 1 aromatic heterocycles. The summed E-state index contributed by atoms with van der Waals surface area (Å²) in [6.07, 6.45) is 0. The molecule has 0 amide bonds. The lowest BCUT2D eigenvalue weighted by atomic mass is 10.2. The smallest absolute Gasteiger partial charge is 0.243 e. The zero-order chi connectivity index (χ0) is 18.9. The number of halogens is 2. The van der Waals surface area contributed by atoms with Crippen LogP contribution < -0.4 is 0 Å². The Kier molecular flexibility index (Phi) is 5.53. The molecular weight excluding hydrogens is 440 g/mol. The van der Waals surface area contributed by atoms with E-state index >= 15 is 0 Å². The first kappa shape index (κ1) is 19.1. The lowest BCUT2D eigenvalue weighted by molar-refractivity contribution is 0.457. The second-order valence-electron chi connectivity index (χ2n) is 5.75. The van der Waals surface area contributed by atoms with Gasteiger partial charge in [0.05, 0.1) is 17.1 Å². The summed E-state index contributed by atoms with van der Waals surface area (Å²) in [5, 5.41) is 0.579. The van der Waals surface area contributed by atoms with Crippen LogP contribution in [0.15, 0.2) is 62.3 Å². The van der Waals surface area contributed by atoms with E-state index in [4.69, 9.17) is 16.0 Å². The predicted molar refractivity (Wildman–Crippen MR) is 104 cm³/mol. The van der Waals surface area contributed by atoms with Gasteiger partial charge in [0, 0.05) is 22.1 Å². The molecule has 0 radical (unpaired) electrons. The van der Waals surface area contributed by atoms with Crippen LogP contribution >= 0.6 is 27.5 Å². The summed E-state index contributed by atoms with van der Waals surface area (Å²) >= 11 is 9.31. The van der Waals surface area contributed by atoms with Gasteiger partial charge in [-0.15, -0.1) is 0 Å². The molecule has 0 aliphatic carbocycles. The number of aromatic nitrogens is 1. The maximum atomic E-state index is 12.7. The molecule has 0 atom stereocenters. The normalized spacial score (nSPS) is 11.9. The molecule has 0 aliphatic rings. The van der Waals surface area contributed by atoms with Crippen LogP contribution in [0, 0.1) is 6.92 Å². The third kappa shape index (κ3) is 4.01. The van der Waals surface area contributed by atoms with E-state index in [1.807, 2.05) is 6.07 Å². The molecule has 1 heterocycles. The average Bonchev–Trinajstić information content (AvgIpc) is 2.96. The maximum absolute atomic E-state index is 12.7. The number of rotatable bonds is 5. The molecule has 5 nitrogen and oxygen atoms in total. The third-order valence-electron chi connectivity index (χ3n) is 3.86. The molecule has 0 N–H and O–H groups in total. The first-order valence-electron chi connectivity index (χ1n) is 7.71. The van der Waals surface area contributed by atoms with Gasteiger partial charge < -0.3 is 4.42 Å². The van der Waals surface area contributed by atoms with E-state index in [9.17, 15) is 8.42 Å². The van der Waals surface area contributed by atoms with Crippen molar-refractivity contribution < 1.29 is 12.8 Å². The van der Waals surface area contributed by atoms with E-state index in [1.165, 1.54) is 11.4 Å². The van der Waals surface area contributed by atoms with E-state index in [-0.39, 0.29) is 11.4 Å². The molecule has 0 aliphatic heterocycles.